The van der Waals surface area contributed by atoms with Crippen LogP contribution in [0.3, 0.4) is 0 Å². The normalized spacial score (nSPS) is 16.8. The number of aromatic nitrogens is 2. The van der Waals surface area contributed by atoms with Crippen LogP contribution in [0.15, 0.2) is 42.7 Å². The van der Waals surface area contributed by atoms with Gasteiger partial charge < -0.3 is 10.2 Å². The van der Waals surface area contributed by atoms with E-state index in [9.17, 15) is 4.79 Å². The monoisotopic (exact) mass is 326 g/mol. The Labute approximate surface area is 143 Å². The van der Waals surface area contributed by atoms with Gasteiger partial charge in [-0.3, -0.25) is 9.48 Å². The molecule has 1 N–H and O–H groups in total. The molecule has 0 aliphatic carbocycles. The molecule has 1 fully saturated rings. The lowest BCUT2D eigenvalue weighted by atomic mass is 9.86. The first-order chi connectivity index (χ1) is 11.7. The molecule has 2 aromatic rings. The molecule has 0 unspecified atom stereocenters. The molecule has 1 aromatic heterocycles. The molecule has 3 rings (SSSR count). The van der Waals surface area contributed by atoms with E-state index in [0.717, 1.165) is 37.9 Å². The molecule has 1 amide bonds. The van der Waals surface area contributed by atoms with E-state index in [4.69, 9.17) is 0 Å². The second-order valence-electron chi connectivity index (χ2n) is 6.56. The zero-order valence-corrected chi connectivity index (χ0v) is 14.5. The van der Waals surface area contributed by atoms with E-state index < -0.39 is 5.54 Å². The predicted molar refractivity (Wildman–Crippen MR) is 94.6 cm³/mol. The average molecular weight is 326 g/mol. The minimum absolute atomic E-state index is 0.146. The molecular formula is C19H26N4O. The Morgan fingerprint density at radius 3 is 2.50 bits per heavy atom. The van der Waals surface area contributed by atoms with Crippen LogP contribution >= 0.6 is 0 Å². The second kappa shape index (κ2) is 7.18. The molecule has 0 spiro atoms. The van der Waals surface area contributed by atoms with Crippen molar-refractivity contribution in [3.8, 4) is 0 Å². The number of nitrogens with zero attached hydrogens (tertiary/aromatic N) is 3. The highest BCUT2D eigenvalue weighted by Crippen LogP contribution is 2.29. The minimum Gasteiger partial charge on any atom is -0.339 e. The van der Waals surface area contributed by atoms with Crippen LogP contribution in [0, 0.1) is 0 Å². The summed E-state index contributed by atoms with van der Waals surface area (Å²) in [6.45, 7) is 4.45. The highest BCUT2D eigenvalue weighted by Gasteiger charge is 2.43. The Balaban J connectivity index is 1.79. The number of benzene rings is 1. The molecule has 0 saturated carbocycles. The number of hydrogen-bond acceptors (Lipinski definition) is 3. The van der Waals surface area contributed by atoms with Crippen molar-refractivity contribution in [3.63, 3.8) is 0 Å². The third kappa shape index (κ3) is 3.22. The van der Waals surface area contributed by atoms with Gasteiger partial charge in [-0.1, -0.05) is 31.2 Å². The molecule has 5 heteroatoms. The Hall–Kier alpha value is -2.14. The molecule has 2 heterocycles. The average Bonchev–Trinajstić information content (AvgIpc) is 3.17. The van der Waals surface area contributed by atoms with Crippen LogP contribution in [0.5, 0.6) is 0 Å². The number of aryl methyl sites for hydroxylation is 1. The first kappa shape index (κ1) is 16.7. The maximum atomic E-state index is 13.3. The lowest BCUT2D eigenvalue weighted by Gasteiger charge is -2.39. The molecule has 24 heavy (non-hydrogen) atoms. The number of likely N-dealkylation sites (N-methyl/N-ethyl adjacent to an activating group) is 1. The van der Waals surface area contributed by atoms with Crippen LogP contribution in [0.4, 0.5) is 0 Å². The topological polar surface area (TPSA) is 50.2 Å². The van der Waals surface area contributed by atoms with Crippen molar-refractivity contribution in [1.82, 2.24) is 20.0 Å². The summed E-state index contributed by atoms with van der Waals surface area (Å²) in [5.41, 5.74) is 1.92. The Kier molecular flexibility index (Phi) is 5.00. The van der Waals surface area contributed by atoms with Crippen molar-refractivity contribution >= 4 is 5.91 Å². The standard InChI is InChI=1S/C19H26N4O/c1-3-16-5-7-17(8-6-16)15-22(2)18(24)19(9-12-20-13-10-19)23-14-4-11-21-23/h4-8,11,14,20H,3,9-10,12-13,15H2,1-2H3. The van der Waals surface area contributed by atoms with Crippen LogP contribution in [0.1, 0.15) is 30.9 Å². The number of carbonyl (C=O) groups is 1. The van der Waals surface area contributed by atoms with Crippen molar-refractivity contribution in [2.75, 3.05) is 20.1 Å². The number of piperidine rings is 1. The van der Waals surface area contributed by atoms with E-state index >= 15 is 0 Å². The molecule has 0 bridgehead atoms. The summed E-state index contributed by atoms with van der Waals surface area (Å²) in [4.78, 5) is 15.1. The highest BCUT2D eigenvalue weighted by molar-refractivity contribution is 5.84. The third-order valence-electron chi connectivity index (χ3n) is 4.97. The summed E-state index contributed by atoms with van der Waals surface area (Å²) >= 11 is 0. The van der Waals surface area contributed by atoms with Gasteiger partial charge in [-0.25, -0.2) is 0 Å². The van der Waals surface area contributed by atoms with E-state index in [2.05, 4.69) is 41.6 Å². The van der Waals surface area contributed by atoms with Gasteiger partial charge in [0, 0.05) is 26.0 Å². The summed E-state index contributed by atoms with van der Waals surface area (Å²) < 4.78 is 1.85. The van der Waals surface area contributed by atoms with E-state index in [0.29, 0.717) is 6.54 Å². The molecule has 0 atom stereocenters. The van der Waals surface area contributed by atoms with Crippen LogP contribution in [-0.4, -0.2) is 40.7 Å². The molecule has 128 valence electrons. The number of rotatable bonds is 5. The maximum Gasteiger partial charge on any atom is 0.250 e. The lowest BCUT2D eigenvalue weighted by Crippen LogP contribution is -2.54. The summed E-state index contributed by atoms with van der Waals surface area (Å²) in [6, 6.07) is 10.4. The van der Waals surface area contributed by atoms with Crippen molar-refractivity contribution in [2.24, 2.45) is 0 Å². The molecule has 0 radical (unpaired) electrons. The van der Waals surface area contributed by atoms with Crippen molar-refractivity contribution in [3.05, 3.63) is 53.9 Å². The molecule has 1 aliphatic rings. The van der Waals surface area contributed by atoms with E-state index in [1.54, 1.807) is 6.20 Å². The Bertz CT molecular complexity index is 657. The fourth-order valence-electron chi connectivity index (χ4n) is 3.48. The highest BCUT2D eigenvalue weighted by atomic mass is 16.2. The summed E-state index contributed by atoms with van der Waals surface area (Å²) in [5, 5.41) is 7.73. The first-order valence-corrected chi connectivity index (χ1v) is 8.70. The molecule has 5 nitrogen and oxygen atoms in total. The Morgan fingerprint density at radius 2 is 1.92 bits per heavy atom. The van der Waals surface area contributed by atoms with Gasteiger partial charge in [-0.15, -0.1) is 0 Å². The maximum absolute atomic E-state index is 13.3. The molecule has 1 aromatic carbocycles. The van der Waals surface area contributed by atoms with Gasteiger partial charge >= 0.3 is 0 Å². The van der Waals surface area contributed by atoms with Gasteiger partial charge in [0.1, 0.15) is 5.54 Å². The predicted octanol–water partition coefficient (Wildman–Crippen LogP) is 2.18. The van der Waals surface area contributed by atoms with Gasteiger partial charge in [0.05, 0.1) is 0 Å². The van der Waals surface area contributed by atoms with E-state index in [1.165, 1.54) is 5.56 Å². The van der Waals surface area contributed by atoms with Gasteiger partial charge in [0.25, 0.3) is 5.91 Å². The fraction of sp³-hybridized carbons (Fsp3) is 0.474. The van der Waals surface area contributed by atoms with Crippen molar-refractivity contribution < 1.29 is 4.79 Å². The van der Waals surface area contributed by atoms with E-state index in [-0.39, 0.29) is 5.91 Å². The third-order valence-corrected chi connectivity index (χ3v) is 4.97. The van der Waals surface area contributed by atoms with Gasteiger partial charge in [-0.2, -0.15) is 5.10 Å². The number of nitrogens with one attached hydrogen (secondary N) is 1. The van der Waals surface area contributed by atoms with Gasteiger partial charge in [0.2, 0.25) is 0 Å². The van der Waals surface area contributed by atoms with Crippen LogP contribution in [0.2, 0.25) is 0 Å². The van der Waals surface area contributed by atoms with E-state index in [1.807, 2.05) is 28.9 Å². The van der Waals surface area contributed by atoms with Crippen molar-refractivity contribution in [1.29, 1.82) is 0 Å². The van der Waals surface area contributed by atoms with Crippen LogP contribution < -0.4 is 5.32 Å². The zero-order valence-electron chi connectivity index (χ0n) is 14.5. The summed E-state index contributed by atoms with van der Waals surface area (Å²) in [5.74, 6) is 0.146. The number of carbonyl (C=O) groups excluding carboxylic acids is 1. The fourth-order valence-corrected chi connectivity index (χ4v) is 3.48. The van der Waals surface area contributed by atoms with Gasteiger partial charge in [0.15, 0.2) is 0 Å². The SMILES string of the molecule is CCc1ccc(CN(C)C(=O)C2(n3cccn3)CCNCC2)cc1. The van der Waals surface area contributed by atoms with Crippen LogP contribution in [-0.2, 0) is 23.3 Å². The van der Waals surface area contributed by atoms with Gasteiger partial charge in [-0.05, 0) is 49.5 Å². The molecular weight excluding hydrogens is 300 g/mol. The number of hydrogen-bond donors (Lipinski definition) is 1. The minimum atomic E-state index is -0.563. The molecule has 1 saturated heterocycles. The largest absolute Gasteiger partial charge is 0.339 e. The molecule has 1 aliphatic heterocycles. The number of amides is 1. The van der Waals surface area contributed by atoms with Crippen molar-refractivity contribution in [2.45, 2.75) is 38.3 Å². The van der Waals surface area contributed by atoms with Crippen LogP contribution in [0.25, 0.3) is 0 Å². The zero-order chi connectivity index (χ0) is 17.0. The summed E-state index contributed by atoms with van der Waals surface area (Å²) in [6.07, 6.45) is 6.23. The second-order valence-corrected chi connectivity index (χ2v) is 6.56. The summed E-state index contributed by atoms with van der Waals surface area (Å²) in [7, 11) is 1.89. The first-order valence-electron chi connectivity index (χ1n) is 8.70. The quantitative estimate of drug-likeness (QED) is 0.916. The smallest absolute Gasteiger partial charge is 0.250 e. The lowest BCUT2D eigenvalue weighted by molar-refractivity contribution is -0.142. The Morgan fingerprint density at radius 1 is 1.25 bits per heavy atom.